The minimum Gasteiger partial charge on any atom is -0.508 e. The minimum atomic E-state index is 0.0981. The number of phenols is 1. The molecule has 2 aromatic rings. The van der Waals surface area contributed by atoms with Gasteiger partial charge in [-0.3, -0.25) is 0 Å². The summed E-state index contributed by atoms with van der Waals surface area (Å²) in [4.78, 5) is 0. The van der Waals surface area contributed by atoms with Gasteiger partial charge in [0.2, 0.25) is 0 Å². The van der Waals surface area contributed by atoms with Crippen molar-refractivity contribution in [2.24, 2.45) is 0 Å². The number of aliphatic hydroxyl groups excluding tert-OH is 2. The van der Waals surface area contributed by atoms with Gasteiger partial charge in [0, 0.05) is 6.61 Å². The molecule has 0 fully saturated rings. The average molecular weight is 362 g/mol. The maximum atomic E-state index is 9.74. The van der Waals surface area contributed by atoms with E-state index in [9.17, 15) is 15.3 Å². The van der Waals surface area contributed by atoms with Gasteiger partial charge in [-0.25, -0.2) is 0 Å². The summed E-state index contributed by atoms with van der Waals surface area (Å²) in [5.41, 5.74) is 4.70. The minimum absolute atomic E-state index is 0.0981. The lowest BCUT2D eigenvalue weighted by molar-refractivity contribution is 0.290. The topological polar surface area (TPSA) is 60.7 Å². The van der Waals surface area contributed by atoms with Crippen LogP contribution in [0.2, 0.25) is 0 Å². The molecule has 0 aliphatic carbocycles. The van der Waals surface area contributed by atoms with Gasteiger partial charge in [0.1, 0.15) is 11.5 Å². The Balaban J connectivity index is 2.65. The predicted molar refractivity (Wildman–Crippen MR) is 112 cm³/mol. The van der Waals surface area contributed by atoms with Gasteiger partial charge in [0.05, 0.1) is 0 Å². The van der Waals surface area contributed by atoms with Gasteiger partial charge in [0.25, 0.3) is 0 Å². The SMILES string of the molecule is C=C(/C=C\C(O)=C/C)/C(=C(/CCCO)c1ccccc1)c1ccc(O)cc1. The zero-order valence-corrected chi connectivity index (χ0v) is 15.6. The lowest BCUT2D eigenvalue weighted by atomic mass is 9.87. The number of aliphatic hydroxyl groups is 2. The van der Waals surface area contributed by atoms with Crippen molar-refractivity contribution in [3.8, 4) is 5.75 Å². The number of phenolic OH excluding ortho intramolecular Hbond substituents is 1. The fourth-order valence-corrected chi connectivity index (χ4v) is 2.86. The zero-order valence-electron chi connectivity index (χ0n) is 15.6. The van der Waals surface area contributed by atoms with Crippen LogP contribution >= 0.6 is 0 Å². The third kappa shape index (κ3) is 5.73. The highest BCUT2D eigenvalue weighted by Gasteiger charge is 2.14. The highest BCUT2D eigenvalue weighted by atomic mass is 16.3. The Labute approximate surface area is 160 Å². The molecule has 0 atom stereocenters. The third-order valence-corrected chi connectivity index (χ3v) is 4.24. The molecule has 0 radical (unpaired) electrons. The van der Waals surface area contributed by atoms with Gasteiger partial charge in [-0.15, -0.1) is 0 Å². The lowest BCUT2D eigenvalue weighted by Gasteiger charge is -2.17. The molecule has 3 heteroatoms. The molecule has 0 aromatic heterocycles. The summed E-state index contributed by atoms with van der Waals surface area (Å²) in [6, 6.07) is 17.0. The number of aromatic hydroxyl groups is 1. The standard InChI is InChI=1S/C24H26O3/c1-3-21(26)14-11-18(2)24(20-12-15-22(27)16-13-20)23(10-7-17-25)19-8-5-4-6-9-19/h3-6,8-9,11-16,25-27H,2,7,10,17H2,1H3/b14-11-,21-3+,24-23+. The summed E-state index contributed by atoms with van der Waals surface area (Å²) < 4.78 is 0. The van der Waals surface area contributed by atoms with E-state index in [2.05, 4.69) is 6.58 Å². The van der Waals surface area contributed by atoms with E-state index in [4.69, 9.17) is 0 Å². The van der Waals surface area contributed by atoms with Crippen LogP contribution in [0.4, 0.5) is 0 Å². The molecule has 3 nitrogen and oxygen atoms in total. The van der Waals surface area contributed by atoms with Crippen molar-refractivity contribution in [1.82, 2.24) is 0 Å². The van der Waals surface area contributed by atoms with Gasteiger partial charge in [-0.05, 0) is 71.9 Å². The molecule has 0 aliphatic heterocycles. The van der Waals surface area contributed by atoms with Gasteiger partial charge < -0.3 is 15.3 Å². The summed E-state index contributed by atoms with van der Waals surface area (Å²) in [6.07, 6.45) is 6.30. The number of hydrogen-bond acceptors (Lipinski definition) is 3. The van der Waals surface area contributed by atoms with Crippen molar-refractivity contribution in [3.63, 3.8) is 0 Å². The number of benzene rings is 2. The molecule has 0 spiro atoms. The van der Waals surface area contributed by atoms with E-state index in [0.717, 1.165) is 27.8 Å². The van der Waals surface area contributed by atoms with Crippen LogP contribution in [-0.4, -0.2) is 21.9 Å². The molecule has 2 rings (SSSR count). The van der Waals surface area contributed by atoms with E-state index < -0.39 is 0 Å². The second-order valence-electron chi connectivity index (χ2n) is 6.17. The second kappa shape index (κ2) is 10.2. The van der Waals surface area contributed by atoms with Gasteiger partial charge >= 0.3 is 0 Å². The van der Waals surface area contributed by atoms with E-state index in [1.807, 2.05) is 42.5 Å². The van der Waals surface area contributed by atoms with Crippen molar-refractivity contribution >= 4 is 11.1 Å². The molecule has 0 heterocycles. The smallest absolute Gasteiger partial charge is 0.115 e. The Morgan fingerprint density at radius 2 is 1.63 bits per heavy atom. The van der Waals surface area contributed by atoms with Crippen LogP contribution in [0.15, 0.2) is 90.7 Å². The van der Waals surface area contributed by atoms with E-state index in [1.54, 1.807) is 37.3 Å². The highest BCUT2D eigenvalue weighted by Crippen LogP contribution is 2.35. The number of allylic oxidation sites excluding steroid dienone is 6. The van der Waals surface area contributed by atoms with Crippen LogP contribution in [0.25, 0.3) is 11.1 Å². The molecular formula is C24H26O3. The van der Waals surface area contributed by atoms with E-state index >= 15 is 0 Å². The van der Waals surface area contributed by atoms with Crippen molar-refractivity contribution in [2.45, 2.75) is 19.8 Å². The van der Waals surface area contributed by atoms with Crippen molar-refractivity contribution in [3.05, 3.63) is 102 Å². The van der Waals surface area contributed by atoms with Crippen LogP contribution in [0.1, 0.15) is 30.9 Å². The van der Waals surface area contributed by atoms with Gasteiger partial charge in [0.15, 0.2) is 0 Å². The van der Waals surface area contributed by atoms with Crippen LogP contribution in [-0.2, 0) is 0 Å². The summed E-state index contributed by atoms with van der Waals surface area (Å²) in [6.45, 7) is 6.06. The van der Waals surface area contributed by atoms with Crippen LogP contribution in [0.3, 0.4) is 0 Å². The molecule has 0 saturated heterocycles. The van der Waals surface area contributed by atoms with Crippen LogP contribution in [0.5, 0.6) is 5.75 Å². The molecule has 0 bridgehead atoms. The largest absolute Gasteiger partial charge is 0.508 e. The second-order valence-corrected chi connectivity index (χ2v) is 6.17. The Morgan fingerprint density at radius 1 is 0.963 bits per heavy atom. The fraction of sp³-hybridized carbons (Fsp3) is 0.167. The van der Waals surface area contributed by atoms with Crippen molar-refractivity contribution < 1.29 is 15.3 Å². The maximum Gasteiger partial charge on any atom is 0.115 e. The molecule has 2 aromatic carbocycles. The van der Waals surface area contributed by atoms with E-state index in [-0.39, 0.29) is 18.1 Å². The number of hydrogen-bond donors (Lipinski definition) is 3. The van der Waals surface area contributed by atoms with Gasteiger partial charge in [-0.1, -0.05) is 55.1 Å². The Hall–Kier alpha value is -3.04. The average Bonchev–Trinajstić information content (AvgIpc) is 2.70. The van der Waals surface area contributed by atoms with E-state index in [1.165, 1.54) is 0 Å². The molecule has 0 amide bonds. The molecule has 0 saturated carbocycles. The molecule has 0 unspecified atom stereocenters. The lowest BCUT2D eigenvalue weighted by Crippen LogP contribution is -1.97. The highest BCUT2D eigenvalue weighted by molar-refractivity contribution is 5.99. The van der Waals surface area contributed by atoms with Crippen LogP contribution < -0.4 is 0 Å². The first kappa shape index (κ1) is 20.3. The maximum absolute atomic E-state index is 9.74. The Morgan fingerprint density at radius 3 is 2.22 bits per heavy atom. The summed E-state index contributed by atoms with van der Waals surface area (Å²) in [5.74, 6) is 0.361. The first-order valence-corrected chi connectivity index (χ1v) is 8.98. The Bertz CT molecular complexity index is 841. The third-order valence-electron chi connectivity index (χ3n) is 4.24. The predicted octanol–water partition coefficient (Wildman–Crippen LogP) is 5.65. The quantitative estimate of drug-likeness (QED) is 0.323. The summed E-state index contributed by atoms with van der Waals surface area (Å²) >= 11 is 0. The molecule has 0 aliphatic rings. The first-order valence-electron chi connectivity index (χ1n) is 8.98. The summed E-state index contributed by atoms with van der Waals surface area (Å²) in [5, 5.41) is 28.8. The van der Waals surface area contributed by atoms with Crippen molar-refractivity contribution in [1.29, 1.82) is 0 Å². The van der Waals surface area contributed by atoms with E-state index in [0.29, 0.717) is 12.8 Å². The normalized spacial score (nSPS) is 12.9. The molecule has 140 valence electrons. The Kier molecular flexibility index (Phi) is 7.65. The number of rotatable bonds is 8. The van der Waals surface area contributed by atoms with Crippen molar-refractivity contribution in [2.75, 3.05) is 6.61 Å². The molecule has 3 N–H and O–H groups in total. The monoisotopic (exact) mass is 362 g/mol. The summed E-state index contributed by atoms with van der Waals surface area (Å²) in [7, 11) is 0. The molecular weight excluding hydrogens is 336 g/mol. The zero-order chi connectivity index (χ0) is 19.6. The van der Waals surface area contributed by atoms with Gasteiger partial charge in [-0.2, -0.15) is 0 Å². The van der Waals surface area contributed by atoms with Crippen LogP contribution in [0, 0.1) is 0 Å². The first-order chi connectivity index (χ1) is 13.1. The fourth-order valence-electron chi connectivity index (χ4n) is 2.86. The molecule has 27 heavy (non-hydrogen) atoms.